The fraction of sp³-hybridized carbons (Fsp3) is 0.269. The maximum Gasteiger partial charge on any atom is 0.408 e. The Morgan fingerprint density at radius 3 is 2.23 bits per heavy atom. The van der Waals surface area contributed by atoms with E-state index in [1.165, 1.54) is 18.4 Å². The number of nitrogens with one attached hydrogen (secondary N) is 2. The lowest BCUT2D eigenvalue weighted by Crippen LogP contribution is -2.43. The van der Waals surface area contributed by atoms with Crippen LogP contribution < -0.4 is 10.6 Å². The first-order valence-electron chi connectivity index (χ1n) is 11.1. The average Bonchev–Trinajstić information content (AvgIpc) is 3.50. The number of amides is 2. The van der Waals surface area contributed by atoms with E-state index in [-0.39, 0.29) is 25.5 Å². The summed E-state index contributed by atoms with van der Waals surface area (Å²) in [4.78, 5) is 37.2. The van der Waals surface area contributed by atoms with Gasteiger partial charge in [0.1, 0.15) is 12.6 Å². The average molecular weight is 495 g/mol. The second-order valence-electron chi connectivity index (χ2n) is 8.12. The first-order valence-corrected chi connectivity index (χ1v) is 12.0. The number of carbonyl (C=O) groups is 3. The van der Waals surface area contributed by atoms with Crippen molar-refractivity contribution in [1.82, 2.24) is 10.6 Å². The van der Waals surface area contributed by atoms with Gasteiger partial charge in [0, 0.05) is 24.4 Å². The number of aliphatic carboxylic acids is 1. The summed E-state index contributed by atoms with van der Waals surface area (Å²) in [6, 6.07) is 18.6. The molecule has 3 N–H and O–H groups in total. The first kappa shape index (κ1) is 24.4. The smallest absolute Gasteiger partial charge is 0.408 e. The molecule has 1 heterocycles. The number of carbonyl (C=O) groups excluding carboxylic acids is 2. The number of carboxylic acid groups (broad SMARTS) is 1. The van der Waals surface area contributed by atoms with E-state index in [0.29, 0.717) is 4.88 Å². The predicted molar refractivity (Wildman–Crippen MR) is 131 cm³/mol. The largest absolute Gasteiger partial charge is 0.481 e. The van der Waals surface area contributed by atoms with Crippen molar-refractivity contribution in [1.29, 1.82) is 0 Å². The second kappa shape index (κ2) is 11.2. The van der Waals surface area contributed by atoms with Crippen LogP contribution in [0.3, 0.4) is 0 Å². The third kappa shape index (κ3) is 5.70. The SMILES string of the molecule is COC(CNC(=O)C(NC(=O)OCC1c2ccccc2-c2ccccc21)c1cccs1)CC(=O)O. The van der Waals surface area contributed by atoms with Crippen LogP contribution in [0.4, 0.5) is 4.79 Å². The summed E-state index contributed by atoms with van der Waals surface area (Å²) in [5, 5.41) is 16.1. The highest BCUT2D eigenvalue weighted by Crippen LogP contribution is 2.44. The molecule has 35 heavy (non-hydrogen) atoms. The normalized spacial score (nSPS) is 13.9. The lowest BCUT2D eigenvalue weighted by molar-refractivity contribution is -0.140. The molecular weight excluding hydrogens is 468 g/mol. The third-order valence-corrected chi connectivity index (χ3v) is 6.87. The molecule has 182 valence electrons. The highest BCUT2D eigenvalue weighted by molar-refractivity contribution is 7.10. The van der Waals surface area contributed by atoms with Gasteiger partial charge in [0.2, 0.25) is 5.91 Å². The van der Waals surface area contributed by atoms with Crippen molar-refractivity contribution in [3.8, 4) is 11.1 Å². The summed E-state index contributed by atoms with van der Waals surface area (Å²) < 4.78 is 10.7. The lowest BCUT2D eigenvalue weighted by Gasteiger charge is -2.20. The minimum absolute atomic E-state index is 0.00409. The van der Waals surface area contributed by atoms with Crippen LogP contribution in [0.15, 0.2) is 66.0 Å². The van der Waals surface area contributed by atoms with E-state index in [1.807, 2.05) is 36.4 Å². The van der Waals surface area contributed by atoms with Crippen molar-refractivity contribution < 1.29 is 29.0 Å². The molecule has 1 aliphatic rings. The van der Waals surface area contributed by atoms with E-state index >= 15 is 0 Å². The van der Waals surface area contributed by atoms with E-state index in [4.69, 9.17) is 14.6 Å². The number of rotatable bonds is 10. The van der Waals surface area contributed by atoms with Crippen LogP contribution in [0.5, 0.6) is 0 Å². The molecule has 3 aromatic rings. The molecule has 0 saturated carbocycles. The van der Waals surface area contributed by atoms with Gasteiger partial charge in [0.25, 0.3) is 0 Å². The highest BCUT2D eigenvalue weighted by atomic mass is 32.1. The molecule has 2 atom stereocenters. The van der Waals surface area contributed by atoms with E-state index in [0.717, 1.165) is 22.3 Å². The summed E-state index contributed by atoms with van der Waals surface area (Å²) in [5.41, 5.74) is 4.44. The molecule has 0 fully saturated rings. The standard InChI is InChI=1S/C26H26N2O6S/c1-33-16(13-23(29)30)14-27-25(31)24(22-11-6-12-35-22)28-26(32)34-15-21-19-9-4-2-7-17(19)18-8-3-5-10-20(18)21/h2-12,16,21,24H,13-15H2,1H3,(H,27,31)(H,28,32)(H,29,30). The van der Waals surface area contributed by atoms with Gasteiger partial charge in [-0.3, -0.25) is 9.59 Å². The van der Waals surface area contributed by atoms with E-state index in [9.17, 15) is 14.4 Å². The van der Waals surface area contributed by atoms with Gasteiger partial charge in [0.15, 0.2) is 0 Å². The number of carboxylic acids is 1. The van der Waals surface area contributed by atoms with Crippen LogP contribution in [0.25, 0.3) is 11.1 Å². The minimum Gasteiger partial charge on any atom is -0.481 e. The monoisotopic (exact) mass is 494 g/mol. The molecular formula is C26H26N2O6S. The Hall–Kier alpha value is -3.69. The number of fused-ring (bicyclic) bond motifs is 3. The topological polar surface area (TPSA) is 114 Å². The molecule has 1 aromatic heterocycles. The first-order chi connectivity index (χ1) is 17.0. The van der Waals surface area contributed by atoms with Crippen LogP contribution in [0.2, 0.25) is 0 Å². The Kier molecular flexibility index (Phi) is 7.79. The molecule has 1 aliphatic carbocycles. The van der Waals surface area contributed by atoms with Gasteiger partial charge in [-0.2, -0.15) is 0 Å². The summed E-state index contributed by atoms with van der Waals surface area (Å²) in [7, 11) is 1.38. The van der Waals surface area contributed by atoms with Gasteiger partial charge >= 0.3 is 12.1 Å². The van der Waals surface area contributed by atoms with Crippen molar-refractivity contribution in [2.75, 3.05) is 20.3 Å². The maximum atomic E-state index is 12.9. The van der Waals surface area contributed by atoms with Crippen LogP contribution in [-0.2, 0) is 19.1 Å². The van der Waals surface area contributed by atoms with Crippen molar-refractivity contribution in [2.24, 2.45) is 0 Å². The van der Waals surface area contributed by atoms with Crippen LogP contribution >= 0.6 is 11.3 Å². The fourth-order valence-corrected chi connectivity index (χ4v) is 5.00. The Bertz CT molecular complexity index is 1150. The van der Waals surface area contributed by atoms with Gasteiger partial charge in [-0.25, -0.2) is 4.79 Å². The summed E-state index contributed by atoms with van der Waals surface area (Å²) in [6.45, 7) is 0.124. The number of thiophene rings is 1. The highest BCUT2D eigenvalue weighted by Gasteiger charge is 2.30. The predicted octanol–water partition coefficient (Wildman–Crippen LogP) is 3.93. The number of methoxy groups -OCH3 is 1. The number of alkyl carbamates (subject to hydrolysis) is 1. The Balaban J connectivity index is 1.41. The number of hydrogen-bond acceptors (Lipinski definition) is 6. The van der Waals surface area contributed by atoms with Crippen LogP contribution in [-0.4, -0.2) is 49.4 Å². The van der Waals surface area contributed by atoms with Crippen molar-refractivity contribution in [2.45, 2.75) is 24.5 Å². The van der Waals surface area contributed by atoms with Crippen LogP contribution in [0.1, 0.15) is 34.4 Å². The lowest BCUT2D eigenvalue weighted by atomic mass is 9.98. The second-order valence-corrected chi connectivity index (χ2v) is 9.10. The van der Waals surface area contributed by atoms with Gasteiger partial charge in [-0.1, -0.05) is 54.6 Å². The number of ether oxygens (including phenoxy) is 2. The Labute approximate surface area is 206 Å². The zero-order chi connectivity index (χ0) is 24.8. The maximum absolute atomic E-state index is 12.9. The zero-order valence-corrected chi connectivity index (χ0v) is 19.9. The Morgan fingerprint density at radius 1 is 1.00 bits per heavy atom. The summed E-state index contributed by atoms with van der Waals surface area (Å²) in [6.07, 6.45) is -1.65. The molecule has 2 unspecified atom stereocenters. The summed E-state index contributed by atoms with van der Waals surface area (Å²) in [5.74, 6) is -1.60. The third-order valence-electron chi connectivity index (χ3n) is 5.94. The molecule has 0 aliphatic heterocycles. The molecule has 0 bridgehead atoms. The van der Waals surface area contributed by atoms with Crippen molar-refractivity contribution >= 4 is 29.3 Å². The quantitative estimate of drug-likeness (QED) is 0.394. The van der Waals surface area contributed by atoms with Gasteiger partial charge in [-0.05, 0) is 33.7 Å². The van der Waals surface area contributed by atoms with Crippen molar-refractivity contribution in [3.63, 3.8) is 0 Å². The number of hydrogen-bond donors (Lipinski definition) is 3. The number of benzene rings is 2. The molecule has 0 saturated heterocycles. The molecule has 9 heteroatoms. The van der Waals surface area contributed by atoms with Crippen molar-refractivity contribution in [3.05, 3.63) is 82.0 Å². The Morgan fingerprint density at radius 2 is 1.66 bits per heavy atom. The molecule has 8 nitrogen and oxygen atoms in total. The molecule has 4 rings (SSSR count). The molecule has 2 amide bonds. The zero-order valence-electron chi connectivity index (χ0n) is 19.1. The van der Waals surface area contributed by atoms with Gasteiger partial charge in [0.05, 0.1) is 12.5 Å². The molecule has 0 radical (unpaired) electrons. The van der Waals surface area contributed by atoms with Crippen LogP contribution in [0, 0.1) is 0 Å². The van der Waals surface area contributed by atoms with E-state index in [2.05, 4.69) is 22.8 Å². The fourth-order valence-electron chi connectivity index (χ4n) is 4.23. The van der Waals surface area contributed by atoms with Gasteiger partial charge in [-0.15, -0.1) is 11.3 Å². The molecule has 2 aromatic carbocycles. The van der Waals surface area contributed by atoms with Gasteiger partial charge < -0.3 is 25.2 Å². The van der Waals surface area contributed by atoms with E-state index < -0.39 is 30.1 Å². The molecule has 0 spiro atoms. The van der Waals surface area contributed by atoms with E-state index in [1.54, 1.807) is 17.5 Å². The minimum atomic E-state index is -1.03. The summed E-state index contributed by atoms with van der Waals surface area (Å²) >= 11 is 1.32.